The minimum absolute atomic E-state index is 0. The fourth-order valence-electron chi connectivity index (χ4n) is 2.05. The van der Waals surface area contributed by atoms with Gasteiger partial charge in [0, 0.05) is 32.7 Å². The third-order valence-corrected chi connectivity index (χ3v) is 4.04. The van der Waals surface area contributed by atoms with Gasteiger partial charge in [-0.2, -0.15) is 0 Å². The Kier molecular flexibility index (Phi) is 9.42. The maximum Gasteiger partial charge on any atom is 0.0595 e. The molecule has 110 valence electrons. The minimum Gasteiger partial charge on any atom is -1.00 e. The number of hydrogen-bond acceptors (Lipinski definition) is 2. The molecule has 1 heterocycles. The molecule has 0 saturated carbocycles. The molecule has 0 aliphatic carbocycles. The molecule has 0 radical (unpaired) electrons. The van der Waals surface area contributed by atoms with E-state index in [1.165, 1.54) is 18.7 Å². The molecule has 0 aromatic heterocycles. The summed E-state index contributed by atoms with van der Waals surface area (Å²) < 4.78 is 0. The molecule has 0 N–H and O–H groups in total. The number of rotatable bonds is 3. The minimum atomic E-state index is 0. The Hall–Kier alpha value is 0.300. The molecular weight excluding hydrogens is 326 g/mol. The van der Waals surface area contributed by atoms with Crippen LogP contribution in [0, 0.1) is 0 Å². The summed E-state index contributed by atoms with van der Waals surface area (Å²) in [5, 5.41) is 1.29. The molecule has 1 aromatic rings. The van der Waals surface area contributed by atoms with E-state index in [0.29, 0.717) is 10.0 Å². The maximum atomic E-state index is 6.00. The Morgan fingerprint density at radius 1 is 1.00 bits per heavy atom. The lowest BCUT2D eigenvalue weighted by atomic mass is 10.1. The second-order valence-electron chi connectivity index (χ2n) is 4.64. The van der Waals surface area contributed by atoms with Crippen LogP contribution in [0.3, 0.4) is 0 Å². The van der Waals surface area contributed by atoms with Gasteiger partial charge in [0.1, 0.15) is 0 Å². The highest BCUT2D eigenvalue weighted by atomic mass is 35.5. The fourth-order valence-corrected chi connectivity index (χ4v) is 2.37. The Labute approximate surface area is 137 Å². The van der Waals surface area contributed by atoms with E-state index in [1.807, 2.05) is 12.1 Å². The van der Waals surface area contributed by atoms with Crippen LogP contribution in [0.5, 0.6) is 0 Å². The molecule has 0 atom stereocenters. The molecule has 1 aromatic carbocycles. The van der Waals surface area contributed by atoms with Gasteiger partial charge in [-0.25, -0.2) is 0 Å². The smallest absolute Gasteiger partial charge is 0.0595 e. The van der Waals surface area contributed by atoms with Gasteiger partial charge in [-0.15, -0.1) is 0 Å². The Morgan fingerprint density at radius 2 is 1.63 bits per heavy atom. The SMILES string of the molecule is CN1CCN(CCc2ccc(Cl)c(Cl)c2)CC1.[Cl-].[Cl-]. The van der Waals surface area contributed by atoms with Gasteiger partial charge >= 0.3 is 0 Å². The molecule has 2 nitrogen and oxygen atoms in total. The van der Waals surface area contributed by atoms with Crippen LogP contribution < -0.4 is 24.8 Å². The van der Waals surface area contributed by atoms with Crippen molar-refractivity contribution in [3.8, 4) is 0 Å². The van der Waals surface area contributed by atoms with E-state index in [-0.39, 0.29) is 24.8 Å². The summed E-state index contributed by atoms with van der Waals surface area (Å²) in [6.07, 6.45) is 1.04. The van der Waals surface area contributed by atoms with Gasteiger partial charge in [-0.1, -0.05) is 29.3 Å². The first-order valence-electron chi connectivity index (χ1n) is 6.00. The molecule has 1 fully saturated rings. The second-order valence-corrected chi connectivity index (χ2v) is 5.46. The lowest BCUT2D eigenvalue weighted by molar-refractivity contribution is -0.001000. The molecule has 6 heteroatoms. The van der Waals surface area contributed by atoms with Crippen LogP contribution in [0.4, 0.5) is 0 Å². The van der Waals surface area contributed by atoms with E-state index >= 15 is 0 Å². The molecule has 0 spiro atoms. The van der Waals surface area contributed by atoms with E-state index in [0.717, 1.165) is 26.1 Å². The predicted molar refractivity (Wildman–Crippen MR) is 74.1 cm³/mol. The summed E-state index contributed by atoms with van der Waals surface area (Å²) in [5.74, 6) is 0. The Balaban J connectivity index is 0.00000162. The van der Waals surface area contributed by atoms with Crippen molar-refractivity contribution in [2.24, 2.45) is 0 Å². The topological polar surface area (TPSA) is 6.48 Å². The normalized spacial score (nSPS) is 16.6. The first-order valence-corrected chi connectivity index (χ1v) is 6.75. The van der Waals surface area contributed by atoms with Crippen LogP contribution >= 0.6 is 23.2 Å². The number of nitrogens with zero attached hydrogens (tertiary/aromatic N) is 2. The van der Waals surface area contributed by atoms with Crippen LogP contribution in [-0.2, 0) is 6.42 Å². The average molecular weight is 344 g/mol. The fraction of sp³-hybridized carbons (Fsp3) is 0.538. The van der Waals surface area contributed by atoms with Crippen molar-refractivity contribution < 1.29 is 24.8 Å². The van der Waals surface area contributed by atoms with Crippen molar-refractivity contribution in [3.63, 3.8) is 0 Å². The van der Waals surface area contributed by atoms with E-state index in [1.54, 1.807) is 0 Å². The second kappa shape index (κ2) is 9.28. The van der Waals surface area contributed by atoms with Crippen LogP contribution in [-0.4, -0.2) is 49.6 Å². The zero-order valence-electron chi connectivity index (χ0n) is 10.9. The van der Waals surface area contributed by atoms with E-state index in [9.17, 15) is 0 Å². The third kappa shape index (κ3) is 6.07. The number of piperazine rings is 1. The third-order valence-electron chi connectivity index (χ3n) is 3.30. The van der Waals surface area contributed by atoms with Crippen molar-refractivity contribution in [1.29, 1.82) is 0 Å². The first-order chi connectivity index (χ1) is 8.15. The molecule has 1 aliphatic heterocycles. The van der Waals surface area contributed by atoms with Gasteiger partial charge in [0.15, 0.2) is 0 Å². The van der Waals surface area contributed by atoms with Crippen molar-refractivity contribution in [2.75, 3.05) is 39.8 Å². The zero-order chi connectivity index (χ0) is 12.3. The molecule has 0 unspecified atom stereocenters. The van der Waals surface area contributed by atoms with Gasteiger partial charge in [0.05, 0.1) is 10.0 Å². The van der Waals surface area contributed by atoms with Crippen LogP contribution in [0.15, 0.2) is 18.2 Å². The highest BCUT2D eigenvalue weighted by Crippen LogP contribution is 2.22. The van der Waals surface area contributed by atoms with Crippen molar-refractivity contribution in [3.05, 3.63) is 33.8 Å². The number of likely N-dealkylation sites (N-methyl/N-ethyl adjacent to an activating group) is 1. The maximum absolute atomic E-state index is 6.00. The van der Waals surface area contributed by atoms with Crippen molar-refractivity contribution >= 4 is 23.2 Å². The highest BCUT2D eigenvalue weighted by Gasteiger charge is 2.13. The van der Waals surface area contributed by atoms with Gasteiger partial charge in [-0.3, -0.25) is 0 Å². The van der Waals surface area contributed by atoms with Gasteiger partial charge in [0.2, 0.25) is 0 Å². The van der Waals surface area contributed by atoms with E-state index in [2.05, 4.69) is 22.9 Å². The molecule has 1 aliphatic rings. The number of halogens is 4. The van der Waals surface area contributed by atoms with Gasteiger partial charge in [-0.05, 0) is 31.2 Å². The molecule has 2 rings (SSSR count). The first kappa shape index (κ1) is 19.3. The van der Waals surface area contributed by atoms with Crippen molar-refractivity contribution in [1.82, 2.24) is 9.80 Å². The van der Waals surface area contributed by atoms with Crippen LogP contribution in [0.1, 0.15) is 5.56 Å². The lowest BCUT2D eigenvalue weighted by Gasteiger charge is -2.32. The zero-order valence-corrected chi connectivity index (χ0v) is 13.9. The predicted octanol–water partition coefficient (Wildman–Crippen LogP) is -3.21. The van der Waals surface area contributed by atoms with Gasteiger partial charge < -0.3 is 34.6 Å². The molecular formula is C13H18Cl4N2-2. The monoisotopic (exact) mass is 342 g/mol. The quantitative estimate of drug-likeness (QED) is 0.570. The summed E-state index contributed by atoms with van der Waals surface area (Å²) in [6.45, 7) is 5.77. The Bertz CT molecular complexity index is 379. The summed E-state index contributed by atoms with van der Waals surface area (Å²) in [6, 6.07) is 5.91. The molecule has 1 saturated heterocycles. The molecule has 19 heavy (non-hydrogen) atoms. The van der Waals surface area contributed by atoms with Crippen LogP contribution in [0.2, 0.25) is 10.0 Å². The summed E-state index contributed by atoms with van der Waals surface area (Å²) in [7, 11) is 2.18. The Morgan fingerprint density at radius 3 is 2.21 bits per heavy atom. The summed E-state index contributed by atoms with van der Waals surface area (Å²) >= 11 is 11.9. The van der Waals surface area contributed by atoms with Crippen molar-refractivity contribution in [2.45, 2.75) is 6.42 Å². The van der Waals surface area contributed by atoms with Gasteiger partial charge in [0.25, 0.3) is 0 Å². The molecule has 0 amide bonds. The standard InChI is InChI=1S/C13H18Cl2N2.2ClH/c1-16-6-8-17(9-7-16)5-4-11-2-3-12(14)13(15)10-11;;/h2-3,10H,4-9H2,1H3;2*1H/p-2. The van der Waals surface area contributed by atoms with Crippen LogP contribution in [0.25, 0.3) is 0 Å². The van der Waals surface area contributed by atoms with E-state index in [4.69, 9.17) is 23.2 Å². The van der Waals surface area contributed by atoms with E-state index < -0.39 is 0 Å². The summed E-state index contributed by atoms with van der Waals surface area (Å²) in [5.41, 5.74) is 1.26. The lowest BCUT2D eigenvalue weighted by Crippen LogP contribution is -3.00. The average Bonchev–Trinajstić information content (AvgIpc) is 2.33. The highest BCUT2D eigenvalue weighted by molar-refractivity contribution is 6.42. The molecule has 0 bridgehead atoms. The largest absolute Gasteiger partial charge is 1.00 e. The number of benzene rings is 1. The summed E-state index contributed by atoms with van der Waals surface area (Å²) in [4.78, 5) is 4.87. The number of hydrogen-bond donors (Lipinski definition) is 0.